The molecule has 6 rings (SSSR count). The molecule has 43 heavy (non-hydrogen) atoms. The first-order valence-corrected chi connectivity index (χ1v) is 14.2. The number of halogens is 1. The van der Waals surface area contributed by atoms with Crippen LogP contribution in [-0.2, 0) is 11.2 Å². The molecule has 218 valence electrons. The maximum Gasteiger partial charge on any atom is 0.294 e. The smallest absolute Gasteiger partial charge is 0.294 e. The van der Waals surface area contributed by atoms with Crippen LogP contribution in [0.4, 0.5) is 22.9 Å². The minimum atomic E-state index is -0.543. The quantitative estimate of drug-likeness (QED) is 0.119. The highest BCUT2D eigenvalue weighted by atomic mass is 35.5. The van der Waals surface area contributed by atoms with Crippen LogP contribution in [0.2, 0.25) is 5.02 Å². The number of nitrogens with zero attached hydrogens (tertiary/aromatic N) is 6. The third kappa shape index (κ3) is 5.93. The molecule has 4 aromatic rings. The minimum Gasteiger partial charge on any atom is -0.493 e. The van der Waals surface area contributed by atoms with Crippen molar-refractivity contribution in [2.45, 2.75) is 31.7 Å². The standard InChI is InChI=1S/C27H22ClN9O5S/c28-15-3-5-16(6-4-15)31-34-24-26-29-20-10-7-17(32-33-21(38)12-23-30-22(39)13-43-23)11-19(20)25(36(26)35-27(24)40)14-1-8-18(9-2-14)37(41)42/h1-6,8-9,13,25,29,39H,7,10-12H2,(H,33,38)(H,35,40). The van der Waals surface area contributed by atoms with Gasteiger partial charge in [-0.05, 0) is 60.4 Å². The molecule has 16 heteroatoms. The van der Waals surface area contributed by atoms with E-state index in [9.17, 15) is 24.8 Å². The van der Waals surface area contributed by atoms with Gasteiger partial charge >= 0.3 is 0 Å². The Hall–Kier alpha value is -5.15. The Labute approximate surface area is 251 Å². The average Bonchev–Trinajstić information content (AvgIpc) is 3.55. The fraction of sp³-hybridized carbons (Fsp3) is 0.185. The van der Waals surface area contributed by atoms with Gasteiger partial charge in [0.05, 0.1) is 22.4 Å². The number of hydrogen-bond donors (Lipinski definition) is 4. The lowest BCUT2D eigenvalue weighted by molar-refractivity contribution is -0.384. The second-order valence-corrected chi connectivity index (χ2v) is 11.1. The number of aromatic amines is 1. The molecule has 1 unspecified atom stereocenters. The molecule has 0 bridgehead atoms. The lowest BCUT2D eigenvalue weighted by Crippen LogP contribution is -2.30. The first-order valence-electron chi connectivity index (χ1n) is 13.0. The third-order valence-electron chi connectivity index (χ3n) is 6.91. The summed E-state index contributed by atoms with van der Waals surface area (Å²) in [5.41, 5.74) is 5.76. The molecule has 14 nitrogen and oxygen atoms in total. The molecular weight excluding hydrogens is 598 g/mol. The van der Waals surface area contributed by atoms with Crippen molar-refractivity contribution < 1.29 is 14.8 Å². The van der Waals surface area contributed by atoms with Gasteiger partial charge in [0.2, 0.25) is 11.8 Å². The number of nitro groups is 1. The molecule has 0 saturated carbocycles. The van der Waals surface area contributed by atoms with Crippen LogP contribution in [0.1, 0.15) is 35.9 Å². The van der Waals surface area contributed by atoms with E-state index in [2.05, 4.69) is 36.2 Å². The number of anilines is 1. The van der Waals surface area contributed by atoms with Crippen molar-refractivity contribution in [3.63, 3.8) is 0 Å². The number of azo groups is 1. The molecule has 1 aliphatic carbocycles. The van der Waals surface area contributed by atoms with E-state index in [1.807, 2.05) is 0 Å². The topological polar surface area (TPSA) is 192 Å². The lowest BCUT2D eigenvalue weighted by Gasteiger charge is -2.35. The van der Waals surface area contributed by atoms with E-state index in [0.717, 1.165) is 11.3 Å². The first-order chi connectivity index (χ1) is 20.7. The molecular formula is C27H22ClN9O5S. The maximum atomic E-state index is 13.1. The summed E-state index contributed by atoms with van der Waals surface area (Å²) in [4.78, 5) is 40.2. The highest BCUT2D eigenvalue weighted by molar-refractivity contribution is 7.09. The number of allylic oxidation sites excluding steroid dienone is 2. The number of carbonyl (C=O) groups excluding carboxylic acids is 1. The van der Waals surface area contributed by atoms with Crippen molar-refractivity contribution in [2.24, 2.45) is 15.3 Å². The minimum absolute atomic E-state index is 0.0236. The van der Waals surface area contributed by atoms with E-state index in [0.29, 0.717) is 52.1 Å². The Morgan fingerprint density at radius 2 is 1.95 bits per heavy atom. The number of rotatable bonds is 7. The summed E-state index contributed by atoms with van der Waals surface area (Å²) in [5.74, 6) is -0.0989. The SMILES string of the molecule is O=C(Cc1nc(O)cs1)NN=C1CCC2=C(C1)C(c1ccc([N+](=O)[O-])cc1)n1[nH]c(=O)c(N=Nc3ccc(Cl)cc3)c1N2. The van der Waals surface area contributed by atoms with Crippen molar-refractivity contribution >= 4 is 57.4 Å². The summed E-state index contributed by atoms with van der Waals surface area (Å²) < 4.78 is 1.63. The van der Waals surface area contributed by atoms with Crippen LogP contribution in [0.3, 0.4) is 0 Å². The zero-order valence-corrected chi connectivity index (χ0v) is 23.7. The predicted octanol–water partition coefficient (Wildman–Crippen LogP) is 5.48. The van der Waals surface area contributed by atoms with Gasteiger partial charge in [0.1, 0.15) is 11.0 Å². The van der Waals surface area contributed by atoms with Gasteiger partial charge in [0.25, 0.3) is 11.2 Å². The fourth-order valence-corrected chi connectivity index (χ4v) is 5.71. The number of amides is 1. The molecule has 0 saturated heterocycles. The number of aromatic hydroxyl groups is 1. The Balaban J connectivity index is 1.32. The molecule has 0 spiro atoms. The van der Waals surface area contributed by atoms with Crippen molar-refractivity contribution in [1.29, 1.82) is 0 Å². The third-order valence-corrected chi connectivity index (χ3v) is 8.00. The Morgan fingerprint density at radius 1 is 1.19 bits per heavy atom. The molecule has 1 amide bonds. The van der Waals surface area contributed by atoms with Gasteiger partial charge in [-0.25, -0.2) is 10.4 Å². The van der Waals surface area contributed by atoms with Crippen LogP contribution in [-0.4, -0.2) is 36.4 Å². The van der Waals surface area contributed by atoms with E-state index in [4.69, 9.17) is 11.6 Å². The van der Waals surface area contributed by atoms with Gasteiger partial charge in [-0.2, -0.15) is 10.2 Å². The Kier molecular flexibility index (Phi) is 7.56. The predicted molar refractivity (Wildman–Crippen MR) is 159 cm³/mol. The van der Waals surface area contributed by atoms with Gasteiger partial charge in [-0.15, -0.1) is 16.5 Å². The number of fused-ring (bicyclic) bond motifs is 1. The van der Waals surface area contributed by atoms with Gasteiger partial charge in [0.15, 0.2) is 11.5 Å². The molecule has 2 aromatic heterocycles. The molecule has 3 heterocycles. The van der Waals surface area contributed by atoms with Crippen LogP contribution in [0.15, 0.2) is 85.3 Å². The van der Waals surface area contributed by atoms with Gasteiger partial charge in [0, 0.05) is 35.0 Å². The highest BCUT2D eigenvalue weighted by Crippen LogP contribution is 2.43. The summed E-state index contributed by atoms with van der Waals surface area (Å²) >= 11 is 7.13. The van der Waals surface area contributed by atoms with Crippen LogP contribution in [0.5, 0.6) is 5.88 Å². The van der Waals surface area contributed by atoms with Crippen LogP contribution < -0.4 is 16.3 Å². The van der Waals surface area contributed by atoms with Crippen molar-refractivity contribution in [1.82, 2.24) is 20.2 Å². The number of thiazole rings is 1. The highest BCUT2D eigenvalue weighted by Gasteiger charge is 2.35. The Bertz CT molecular complexity index is 1870. The van der Waals surface area contributed by atoms with Crippen molar-refractivity contribution in [3.05, 3.63) is 101 Å². The van der Waals surface area contributed by atoms with Gasteiger partial charge < -0.3 is 10.4 Å². The van der Waals surface area contributed by atoms with Gasteiger partial charge in [-0.1, -0.05) is 11.6 Å². The number of H-pyrrole nitrogens is 1. The van der Waals surface area contributed by atoms with Crippen molar-refractivity contribution in [3.8, 4) is 5.88 Å². The van der Waals surface area contributed by atoms with Crippen molar-refractivity contribution in [2.75, 3.05) is 5.32 Å². The summed E-state index contributed by atoms with van der Waals surface area (Å²) in [5, 5.41) is 42.1. The number of hydrazone groups is 1. The number of aromatic nitrogens is 3. The first kappa shape index (κ1) is 28.0. The van der Waals surface area contributed by atoms with E-state index < -0.39 is 16.5 Å². The summed E-state index contributed by atoms with van der Waals surface area (Å²) in [7, 11) is 0. The van der Waals surface area contributed by atoms with Gasteiger partial charge in [-0.3, -0.25) is 29.5 Å². The molecule has 4 N–H and O–H groups in total. The number of nitro benzene ring substituents is 1. The largest absolute Gasteiger partial charge is 0.493 e. The van der Waals surface area contributed by atoms with Crippen LogP contribution in [0.25, 0.3) is 0 Å². The molecule has 0 fully saturated rings. The Morgan fingerprint density at radius 3 is 2.65 bits per heavy atom. The van der Waals surface area contributed by atoms with E-state index >= 15 is 0 Å². The number of hydrogen-bond acceptors (Lipinski definition) is 11. The summed E-state index contributed by atoms with van der Waals surface area (Å²) in [6, 6.07) is 12.3. The van der Waals surface area contributed by atoms with E-state index in [1.54, 1.807) is 41.1 Å². The van der Waals surface area contributed by atoms with E-state index in [-0.39, 0.29) is 29.6 Å². The van der Waals surface area contributed by atoms with E-state index in [1.165, 1.54) is 28.8 Å². The monoisotopic (exact) mass is 619 g/mol. The summed E-state index contributed by atoms with van der Waals surface area (Å²) in [6.07, 6.45) is 1.41. The number of benzene rings is 2. The number of carbonyl (C=O) groups is 1. The normalized spacial score (nSPS) is 17.0. The van der Waals surface area contributed by atoms with Crippen LogP contribution in [0, 0.1) is 10.1 Å². The summed E-state index contributed by atoms with van der Waals surface area (Å²) in [6.45, 7) is 0. The molecule has 1 aliphatic heterocycles. The number of non-ortho nitro benzene ring substituents is 1. The molecule has 1 atom stereocenters. The number of nitrogens with one attached hydrogen (secondary N) is 3. The zero-order chi connectivity index (χ0) is 30.1. The second kappa shape index (κ2) is 11.6. The van der Waals surface area contributed by atoms with Crippen LogP contribution >= 0.6 is 22.9 Å². The fourth-order valence-electron chi connectivity index (χ4n) is 4.93. The average molecular weight is 620 g/mol. The lowest BCUT2D eigenvalue weighted by atomic mass is 9.85. The second-order valence-electron chi connectivity index (χ2n) is 9.73. The maximum absolute atomic E-state index is 13.1. The molecule has 0 radical (unpaired) electrons. The molecule has 2 aromatic carbocycles. The molecule has 2 aliphatic rings. The zero-order valence-electron chi connectivity index (χ0n) is 22.2.